The number of nitrogens with two attached hydrogens (primary N) is 1. The molecular weight excluding hydrogens is 375 g/mol. The van der Waals surface area contributed by atoms with Crippen LogP contribution in [0.1, 0.15) is 30.1 Å². The molecule has 2 unspecified atom stereocenters. The van der Waals surface area contributed by atoms with Crippen LogP contribution in [0, 0.1) is 9.49 Å². The third-order valence-electron chi connectivity index (χ3n) is 3.78. The molecule has 0 aliphatic carbocycles. The molecule has 1 aliphatic heterocycles. The molecule has 0 spiro atoms. The summed E-state index contributed by atoms with van der Waals surface area (Å²) in [4.78, 5) is 14.6. The van der Waals surface area contributed by atoms with Gasteiger partial charge in [-0.05, 0) is 59.5 Å². The Balaban J connectivity index is 2.29. The van der Waals surface area contributed by atoms with E-state index >= 15 is 0 Å². The Hall–Kier alpha value is -0.330. The number of halogens is 2. The zero-order valence-corrected chi connectivity index (χ0v) is 13.8. The van der Waals surface area contributed by atoms with Crippen molar-refractivity contribution < 1.29 is 4.79 Å². The largest absolute Gasteiger partial charge is 0.334 e. The van der Waals surface area contributed by atoms with Crippen LogP contribution in [-0.2, 0) is 0 Å². The highest BCUT2D eigenvalue weighted by atomic mass is 127. The van der Waals surface area contributed by atoms with E-state index in [0.29, 0.717) is 23.0 Å². The highest BCUT2D eigenvalue weighted by Crippen LogP contribution is 2.26. The molecule has 2 atom stereocenters. The molecule has 104 valence electrons. The Kier molecular flexibility index (Phi) is 5.09. The molecule has 1 amide bonds. The number of rotatable bonds is 2. The predicted octanol–water partition coefficient (Wildman–Crippen LogP) is 3.14. The van der Waals surface area contributed by atoms with Crippen LogP contribution in [0.3, 0.4) is 0 Å². The fraction of sp³-hybridized carbons (Fsp3) is 0.500. The second-order valence-electron chi connectivity index (χ2n) is 5.05. The number of carbonyl (C=O) groups excluding carboxylic acids is 1. The first-order chi connectivity index (χ1) is 9.04. The van der Waals surface area contributed by atoms with Gasteiger partial charge in [0.1, 0.15) is 0 Å². The van der Waals surface area contributed by atoms with Crippen molar-refractivity contribution in [3.05, 3.63) is 32.4 Å². The van der Waals surface area contributed by atoms with Crippen LogP contribution < -0.4 is 5.73 Å². The molecule has 1 aliphatic rings. The number of piperidine rings is 1. The molecule has 3 nitrogen and oxygen atoms in total. The second kappa shape index (κ2) is 6.41. The Morgan fingerprint density at radius 3 is 3.00 bits per heavy atom. The summed E-state index contributed by atoms with van der Waals surface area (Å²) >= 11 is 8.18. The zero-order chi connectivity index (χ0) is 14.0. The number of benzene rings is 1. The number of carbonyl (C=O) groups is 1. The molecule has 2 rings (SSSR count). The van der Waals surface area contributed by atoms with E-state index in [4.69, 9.17) is 17.3 Å². The average Bonchev–Trinajstić information content (AvgIpc) is 2.40. The lowest BCUT2D eigenvalue weighted by Gasteiger charge is -2.39. The van der Waals surface area contributed by atoms with E-state index < -0.39 is 0 Å². The fourth-order valence-corrected chi connectivity index (χ4v) is 3.42. The van der Waals surface area contributed by atoms with Crippen LogP contribution >= 0.6 is 34.2 Å². The van der Waals surface area contributed by atoms with Crippen LogP contribution in [0.25, 0.3) is 0 Å². The summed E-state index contributed by atoms with van der Waals surface area (Å²) in [5, 5.41) is 0.595. The minimum absolute atomic E-state index is 0.0499. The van der Waals surface area contributed by atoms with E-state index in [2.05, 4.69) is 29.5 Å². The third kappa shape index (κ3) is 3.23. The highest BCUT2D eigenvalue weighted by Gasteiger charge is 2.31. The Bertz CT molecular complexity index is 481. The van der Waals surface area contributed by atoms with Crippen molar-refractivity contribution in [3.8, 4) is 0 Å². The van der Waals surface area contributed by atoms with E-state index in [9.17, 15) is 4.79 Å². The zero-order valence-electron chi connectivity index (χ0n) is 10.9. The van der Waals surface area contributed by atoms with Crippen molar-refractivity contribution in [2.75, 3.05) is 13.1 Å². The predicted molar refractivity (Wildman–Crippen MR) is 86.4 cm³/mol. The molecule has 1 heterocycles. The summed E-state index contributed by atoms with van der Waals surface area (Å²) in [6.07, 6.45) is 2.18. The summed E-state index contributed by atoms with van der Waals surface area (Å²) < 4.78 is 0.931. The van der Waals surface area contributed by atoms with Crippen molar-refractivity contribution in [2.24, 2.45) is 11.7 Å². The van der Waals surface area contributed by atoms with Crippen LogP contribution in [0.15, 0.2) is 18.2 Å². The van der Waals surface area contributed by atoms with Gasteiger partial charge in [0.25, 0.3) is 5.91 Å². The molecule has 1 aromatic rings. The van der Waals surface area contributed by atoms with Gasteiger partial charge < -0.3 is 10.6 Å². The standard InChI is InChI=1S/C14H18ClIN2O/c1-9-3-2-6-18(13(9)8-17)14(19)11-7-10(15)4-5-12(11)16/h4-5,7,9,13H,2-3,6,8,17H2,1H3. The van der Waals surface area contributed by atoms with E-state index in [-0.39, 0.29) is 11.9 Å². The molecule has 1 fully saturated rings. The smallest absolute Gasteiger partial charge is 0.255 e. The van der Waals surface area contributed by atoms with E-state index in [1.165, 1.54) is 0 Å². The Morgan fingerprint density at radius 1 is 1.58 bits per heavy atom. The van der Waals surface area contributed by atoms with Gasteiger partial charge in [0.05, 0.1) is 5.56 Å². The van der Waals surface area contributed by atoms with Crippen molar-refractivity contribution in [2.45, 2.75) is 25.8 Å². The number of likely N-dealkylation sites (tertiary alicyclic amines) is 1. The van der Waals surface area contributed by atoms with Gasteiger partial charge in [-0.15, -0.1) is 0 Å². The van der Waals surface area contributed by atoms with Crippen LogP contribution in [-0.4, -0.2) is 29.9 Å². The summed E-state index contributed by atoms with van der Waals surface area (Å²) in [5.74, 6) is 0.508. The van der Waals surface area contributed by atoms with E-state index in [0.717, 1.165) is 23.0 Å². The van der Waals surface area contributed by atoms with E-state index in [1.54, 1.807) is 12.1 Å². The summed E-state index contributed by atoms with van der Waals surface area (Å²) in [6.45, 7) is 3.47. The van der Waals surface area contributed by atoms with Gasteiger partial charge in [-0.25, -0.2) is 0 Å². The topological polar surface area (TPSA) is 46.3 Å². The SMILES string of the molecule is CC1CCCN(C(=O)c2cc(Cl)ccc2I)C1CN. The quantitative estimate of drug-likeness (QED) is 0.786. The molecule has 0 bridgehead atoms. The van der Waals surface area contributed by atoms with Crippen molar-refractivity contribution in [1.29, 1.82) is 0 Å². The first-order valence-electron chi connectivity index (χ1n) is 6.50. The normalized spacial score (nSPS) is 23.5. The average molecular weight is 393 g/mol. The maximum Gasteiger partial charge on any atom is 0.255 e. The van der Waals surface area contributed by atoms with Gasteiger partial charge in [0.2, 0.25) is 0 Å². The van der Waals surface area contributed by atoms with Crippen LogP contribution in [0.2, 0.25) is 5.02 Å². The van der Waals surface area contributed by atoms with E-state index in [1.807, 2.05) is 11.0 Å². The maximum atomic E-state index is 12.7. The molecular formula is C14H18ClIN2O. The van der Waals surface area contributed by atoms with Crippen molar-refractivity contribution >= 4 is 40.1 Å². The van der Waals surface area contributed by atoms with Gasteiger partial charge in [0.15, 0.2) is 0 Å². The molecule has 5 heteroatoms. The minimum atomic E-state index is 0.0499. The molecule has 0 radical (unpaired) electrons. The van der Waals surface area contributed by atoms with Gasteiger partial charge >= 0.3 is 0 Å². The number of amides is 1. The Labute approximate surface area is 132 Å². The molecule has 19 heavy (non-hydrogen) atoms. The number of hydrogen-bond acceptors (Lipinski definition) is 2. The van der Waals surface area contributed by atoms with Gasteiger partial charge in [-0.1, -0.05) is 18.5 Å². The monoisotopic (exact) mass is 392 g/mol. The summed E-state index contributed by atoms with van der Waals surface area (Å²) in [7, 11) is 0. The van der Waals surface area contributed by atoms with Crippen molar-refractivity contribution in [1.82, 2.24) is 4.90 Å². The molecule has 1 aromatic carbocycles. The summed E-state index contributed by atoms with van der Waals surface area (Å²) in [5.41, 5.74) is 6.53. The van der Waals surface area contributed by atoms with Gasteiger partial charge in [-0.3, -0.25) is 4.79 Å². The van der Waals surface area contributed by atoms with Crippen LogP contribution in [0.4, 0.5) is 0 Å². The molecule has 2 N–H and O–H groups in total. The third-order valence-corrected chi connectivity index (χ3v) is 4.95. The minimum Gasteiger partial charge on any atom is -0.334 e. The lowest BCUT2D eigenvalue weighted by Crippen LogP contribution is -2.51. The number of nitrogens with zero attached hydrogens (tertiary/aromatic N) is 1. The fourth-order valence-electron chi connectivity index (χ4n) is 2.68. The maximum absolute atomic E-state index is 12.7. The summed E-state index contributed by atoms with van der Waals surface area (Å²) in [6, 6.07) is 5.56. The van der Waals surface area contributed by atoms with Crippen LogP contribution in [0.5, 0.6) is 0 Å². The lowest BCUT2D eigenvalue weighted by atomic mass is 9.90. The molecule has 0 aromatic heterocycles. The molecule has 1 saturated heterocycles. The van der Waals surface area contributed by atoms with Gasteiger partial charge in [0, 0.05) is 27.7 Å². The first kappa shape index (κ1) is 15.1. The lowest BCUT2D eigenvalue weighted by molar-refractivity contribution is 0.0531. The number of hydrogen-bond donors (Lipinski definition) is 1. The molecule has 0 saturated carbocycles. The van der Waals surface area contributed by atoms with Gasteiger partial charge in [-0.2, -0.15) is 0 Å². The first-order valence-corrected chi connectivity index (χ1v) is 7.96. The second-order valence-corrected chi connectivity index (χ2v) is 6.64. The van der Waals surface area contributed by atoms with Crippen molar-refractivity contribution in [3.63, 3.8) is 0 Å². The Morgan fingerprint density at radius 2 is 2.32 bits per heavy atom. The highest BCUT2D eigenvalue weighted by molar-refractivity contribution is 14.1.